The van der Waals surface area contributed by atoms with Crippen molar-refractivity contribution in [3.05, 3.63) is 29.6 Å². The van der Waals surface area contributed by atoms with E-state index in [1.54, 1.807) is 13.2 Å². The fraction of sp³-hybridized carbons (Fsp3) is 0.438. The van der Waals surface area contributed by atoms with Gasteiger partial charge >= 0.3 is 5.88 Å². The lowest BCUT2D eigenvalue weighted by Gasteiger charge is -2.11. The molecule has 0 unspecified atom stereocenters. The molecule has 0 aromatic carbocycles. The largest absolute Gasteiger partial charge is 0.861 e. The number of methoxy groups -OCH3 is 1. The van der Waals surface area contributed by atoms with Crippen molar-refractivity contribution in [2.45, 2.75) is 31.3 Å². The number of aromatic nitrogens is 3. The SMILES string of the molecule is COCC[n+]1cc(/N=C(/[O-])CSc2nc(C(C)C)ccc2C#N)on1. The topological polar surface area (TPSA) is 111 Å². The first-order valence-electron chi connectivity index (χ1n) is 7.67. The molecule has 0 radical (unpaired) electrons. The van der Waals surface area contributed by atoms with Gasteiger partial charge in [-0.15, -0.1) is 0 Å². The van der Waals surface area contributed by atoms with Gasteiger partial charge in [-0.2, -0.15) is 5.26 Å². The maximum absolute atomic E-state index is 12.0. The third kappa shape index (κ3) is 5.55. The molecule has 2 rings (SSSR count). The van der Waals surface area contributed by atoms with E-state index in [0.29, 0.717) is 23.7 Å². The fourth-order valence-corrected chi connectivity index (χ4v) is 2.63. The predicted molar refractivity (Wildman–Crippen MR) is 89.4 cm³/mol. The molecule has 0 atom stereocenters. The van der Waals surface area contributed by atoms with E-state index in [2.05, 4.69) is 21.3 Å². The molecule has 0 saturated heterocycles. The first-order valence-corrected chi connectivity index (χ1v) is 8.65. The molecule has 0 aliphatic carbocycles. The highest BCUT2D eigenvalue weighted by Crippen LogP contribution is 2.23. The number of ether oxygens (including phenoxy) is 1. The summed E-state index contributed by atoms with van der Waals surface area (Å²) >= 11 is 1.19. The highest BCUT2D eigenvalue weighted by Gasteiger charge is 2.11. The summed E-state index contributed by atoms with van der Waals surface area (Å²) < 4.78 is 11.4. The Bertz CT molecular complexity index is 782. The zero-order chi connectivity index (χ0) is 18.2. The minimum Gasteiger partial charge on any atom is -0.861 e. The van der Waals surface area contributed by atoms with Crippen molar-refractivity contribution in [2.24, 2.45) is 4.99 Å². The molecule has 0 spiro atoms. The Morgan fingerprint density at radius 2 is 2.32 bits per heavy atom. The Labute approximate surface area is 150 Å². The number of aliphatic imine (C=N–C) groups is 1. The molecule has 0 saturated carbocycles. The molecular weight excluding hydrogens is 342 g/mol. The first kappa shape index (κ1) is 18.9. The van der Waals surface area contributed by atoms with E-state index < -0.39 is 0 Å². The monoisotopic (exact) mass is 361 g/mol. The van der Waals surface area contributed by atoms with Crippen LogP contribution >= 0.6 is 11.8 Å². The molecule has 2 aromatic rings. The molecule has 0 amide bonds. The Kier molecular flexibility index (Phi) is 6.91. The second-order valence-corrected chi connectivity index (χ2v) is 6.41. The second-order valence-electron chi connectivity index (χ2n) is 5.45. The van der Waals surface area contributed by atoms with Crippen LogP contribution in [0.4, 0.5) is 5.88 Å². The van der Waals surface area contributed by atoms with Crippen LogP contribution in [0.1, 0.15) is 31.0 Å². The molecule has 0 fully saturated rings. The van der Waals surface area contributed by atoms with Crippen LogP contribution in [-0.2, 0) is 11.3 Å². The van der Waals surface area contributed by atoms with Crippen LogP contribution in [0.15, 0.2) is 32.9 Å². The standard InChI is InChI=1S/C16H19N5O3S/c1-11(2)13-5-4-12(8-17)16(18-13)25-10-14(22)19-15-9-21(20-24-15)6-7-23-3/h4-5,9,11H,6-7,10H2,1-3H3. The smallest absolute Gasteiger partial charge is 0.320 e. The summed E-state index contributed by atoms with van der Waals surface area (Å²) in [5.41, 5.74) is 1.32. The minimum atomic E-state index is -0.388. The van der Waals surface area contributed by atoms with Gasteiger partial charge in [0.1, 0.15) is 17.7 Å². The molecular formula is C16H19N5O3S. The number of rotatable bonds is 8. The van der Waals surface area contributed by atoms with E-state index in [0.717, 1.165) is 5.69 Å². The lowest BCUT2D eigenvalue weighted by atomic mass is 10.1. The maximum Gasteiger partial charge on any atom is 0.320 e. The number of pyridine rings is 1. The van der Waals surface area contributed by atoms with Crippen LogP contribution < -0.4 is 9.79 Å². The van der Waals surface area contributed by atoms with Crippen LogP contribution in [-0.4, -0.2) is 35.6 Å². The molecule has 132 valence electrons. The van der Waals surface area contributed by atoms with Gasteiger partial charge in [0.15, 0.2) is 0 Å². The summed E-state index contributed by atoms with van der Waals surface area (Å²) in [4.78, 5) is 8.31. The van der Waals surface area contributed by atoms with Crippen molar-refractivity contribution in [1.29, 1.82) is 5.26 Å². The maximum atomic E-state index is 12.0. The van der Waals surface area contributed by atoms with Gasteiger partial charge in [0, 0.05) is 18.6 Å². The minimum absolute atomic E-state index is 0.0575. The lowest BCUT2D eigenvalue weighted by molar-refractivity contribution is -0.763. The fourth-order valence-electron chi connectivity index (χ4n) is 1.87. The summed E-state index contributed by atoms with van der Waals surface area (Å²) in [6, 6.07) is 5.64. The Morgan fingerprint density at radius 3 is 3.00 bits per heavy atom. The summed E-state index contributed by atoms with van der Waals surface area (Å²) in [7, 11) is 1.59. The van der Waals surface area contributed by atoms with E-state index in [1.165, 1.54) is 22.6 Å². The van der Waals surface area contributed by atoms with E-state index in [-0.39, 0.29) is 23.5 Å². The molecule has 0 aliphatic rings. The van der Waals surface area contributed by atoms with Crippen molar-refractivity contribution in [2.75, 3.05) is 19.5 Å². The van der Waals surface area contributed by atoms with Crippen molar-refractivity contribution < 1.29 is 19.0 Å². The molecule has 0 aliphatic heterocycles. The summed E-state index contributed by atoms with van der Waals surface area (Å²) in [6.07, 6.45) is 1.53. The van der Waals surface area contributed by atoms with Crippen molar-refractivity contribution >= 4 is 23.5 Å². The normalized spacial score (nSPS) is 11.7. The third-order valence-electron chi connectivity index (χ3n) is 3.18. The van der Waals surface area contributed by atoms with Crippen LogP contribution in [0.2, 0.25) is 0 Å². The number of nitrogens with zero attached hydrogens (tertiary/aromatic N) is 5. The van der Waals surface area contributed by atoms with Gasteiger partial charge < -0.3 is 9.84 Å². The van der Waals surface area contributed by atoms with Crippen LogP contribution in [0.3, 0.4) is 0 Å². The van der Waals surface area contributed by atoms with Gasteiger partial charge in [0.2, 0.25) is 11.8 Å². The molecule has 2 aromatic heterocycles. The number of nitriles is 1. The van der Waals surface area contributed by atoms with Gasteiger partial charge in [0.25, 0.3) is 6.20 Å². The molecule has 0 N–H and O–H groups in total. The van der Waals surface area contributed by atoms with Gasteiger partial charge in [0.05, 0.1) is 5.56 Å². The van der Waals surface area contributed by atoms with Crippen molar-refractivity contribution in [1.82, 2.24) is 10.3 Å². The summed E-state index contributed by atoms with van der Waals surface area (Å²) in [6.45, 7) is 5.03. The van der Waals surface area contributed by atoms with Crippen LogP contribution in [0, 0.1) is 11.3 Å². The van der Waals surface area contributed by atoms with E-state index >= 15 is 0 Å². The summed E-state index contributed by atoms with van der Waals surface area (Å²) in [5.74, 6) is 0.0399. The quantitative estimate of drug-likeness (QED) is 0.300. The number of hydrogen-bond donors (Lipinski definition) is 0. The lowest BCUT2D eigenvalue weighted by Crippen LogP contribution is -2.36. The van der Waals surface area contributed by atoms with Crippen molar-refractivity contribution in [3.63, 3.8) is 0 Å². The number of hydrogen-bond acceptors (Lipinski definition) is 8. The Balaban J connectivity index is 2.04. The predicted octanol–water partition coefficient (Wildman–Crippen LogP) is 1.18. The van der Waals surface area contributed by atoms with Crippen LogP contribution in [0.25, 0.3) is 0 Å². The van der Waals surface area contributed by atoms with Crippen molar-refractivity contribution in [3.8, 4) is 6.07 Å². The van der Waals surface area contributed by atoms with Crippen LogP contribution in [0.5, 0.6) is 0 Å². The van der Waals surface area contributed by atoms with Gasteiger partial charge in [-0.3, -0.25) is 4.52 Å². The van der Waals surface area contributed by atoms with E-state index in [9.17, 15) is 10.4 Å². The van der Waals surface area contributed by atoms with Gasteiger partial charge in [-0.25, -0.2) is 9.98 Å². The highest BCUT2D eigenvalue weighted by atomic mass is 32.2. The number of thioether (sulfide) groups is 1. The molecule has 0 bridgehead atoms. The molecule has 9 heteroatoms. The zero-order valence-electron chi connectivity index (χ0n) is 14.3. The van der Waals surface area contributed by atoms with Gasteiger partial charge in [-0.1, -0.05) is 25.6 Å². The summed E-state index contributed by atoms with van der Waals surface area (Å²) in [5, 5.41) is 25.5. The second kappa shape index (κ2) is 9.15. The van der Waals surface area contributed by atoms with Gasteiger partial charge in [-0.05, 0) is 28.6 Å². The van der Waals surface area contributed by atoms with E-state index in [1.807, 2.05) is 19.9 Å². The molecule has 2 heterocycles. The average Bonchev–Trinajstić information content (AvgIpc) is 3.05. The first-order chi connectivity index (χ1) is 12.0. The highest BCUT2D eigenvalue weighted by molar-refractivity contribution is 7.99. The van der Waals surface area contributed by atoms with E-state index in [4.69, 9.17) is 9.26 Å². The molecule has 25 heavy (non-hydrogen) atoms. The zero-order valence-corrected chi connectivity index (χ0v) is 15.1. The third-order valence-corrected chi connectivity index (χ3v) is 4.16. The Morgan fingerprint density at radius 1 is 1.52 bits per heavy atom. The molecule has 8 nitrogen and oxygen atoms in total. The Hall–Kier alpha value is -2.44. The average molecular weight is 361 g/mol.